The molecule has 0 atom stereocenters. The lowest BCUT2D eigenvalue weighted by molar-refractivity contribution is 0.391. The maximum absolute atomic E-state index is 5.01. The molecule has 90 valence electrons. The fraction of sp³-hybridized carbons (Fsp3) is 0.545. The van der Waals surface area contributed by atoms with Crippen molar-refractivity contribution in [1.82, 2.24) is 19.9 Å². The molecule has 0 bridgehead atoms. The third-order valence-corrected chi connectivity index (χ3v) is 2.96. The molecule has 0 radical (unpaired) electrons. The van der Waals surface area contributed by atoms with Crippen LogP contribution in [0.15, 0.2) is 10.6 Å². The van der Waals surface area contributed by atoms with Crippen molar-refractivity contribution in [2.45, 2.75) is 39.3 Å². The zero-order chi connectivity index (χ0) is 11.7. The molecular weight excluding hydrogens is 218 g/mol. The Kier molecular flexibility index (Phi) is 2.55. The van der Waals surface area contributed by atoms with E-state index in [9.17, 15) is 0 Å². The van der Waals surface area contributed by atoms with Gasteiger partial charge >= 0.3 is 0 Å². The molecule has 2 aromatic heterocycles. The van der Waals surface area contributed by atoms with Gasteiger partial charge in [-0.05, 0) is 19.8 Å². The van der Waals surface area contributed by atoms with Crippen molar-refractivity contribution in [3.8, 4) is 0 Å². The van der Waals surface area contributed by atoms with Gasteiger partial charge in [-0.25, -0.2) is 0 Å². The predicted molar refractivity (Wildman–Crippen MR) is 61.5 cm³/mol. The number of fused-ring (bicyclic) bond motifs is 1. The second-order valence-corrected chi connectivity index (χ2v) is 4.33. The van der Waals surface area contributed by atoms with Gasteiger partial charge in [-0.15, -0.1) is 10.2 Å². The SMILES string of the molecule is Cc1cc(CNc2nnc3n2CCCC3)no1. The minimum Gasteiger partial charge on any atom is -0.361 e. The number of aryl methyl sites for hydroxylation is 2. The van der Waals surface area contributed by atoms with Crippen LogP contribution in [0, 0.1) is 6.92 Å². The lowest BCUT2D eigenvalue weighted by Gasteiger charge is -2.14. The normalized spacial score (nSPS) is 14.6. The number of aromatic nitrogens is 4. The van der Waals surface area contributed by atoms with Crippen molar-refractivity contribution in [1.29, 1.82) is 0 Å². The Labute approximate surface area is 99.0 Å². The van der Waals surface area contributed by atoms with Gasteiger partial charge in [0, 0.05) is 19.0 Å². The largest absolute Gasteiger partial charge is 0.361 e. The van der Waals surface area contributed by atoms with Gasteiger partial charge in [0.25, 0.3) is 0 Å². The number of hydrogen-bond acceptors (Lipinski definition) is 5. The van der Waals surface area contributed by atoms with Crippen LogP contribution in [0.4, 0.5) is 5.95 Å². The summed E-state index contributed by atoms with van der Waals surface area (Å²) in [5.74, 6) is 2.74. The van der Waals surface area contributed by atoms with E-state index in [0.29, 0.717) is 6.54 Å². The van der Waals surface area contributed by atoms with Gasteiger partial charge < -0.3 is 9.84 Å². The second kappa shape index (κ2) is 4.20. The predicted octanol–water partition coefficient (Wildman–Crippen LogP) is 1.52. The van der Waals surface area contributed by atoms with Crippen molar-refractivity contribution in [3.05, 3.63) is 23.3 Å². The van der Waals surface area contributed by atoms with Crippen molar-refractivity contribution in [2.24, 2.45) is 0 Å². The van der Waals surface area contributed by atoms with E-state index in [1.54, 1.807) is 0 Å². The molecule has 0 aliphatic carbocycles. The van der Waals surface area contributed by atoms with Crippen LogP contribution in [-0.4, -0.2) is 19.9 Å². The summed E-state index contributed by atoms with van der Waals surface area (Å²) in [5.41, 5.74) is 0.885. The molecule has 0 unspecified atom stereocenters. The Bertz CT molecular complexity index is 516. The number of anilines is 1. The molecule has 6 heteroatoms. The highest BCUT2D eigenvalue weighted by Crippen LogP contribution is 2.17. The van der Waals surface area contributed by atoms with E-state index >= 15 is 0 Å². The first-order chi connectivity index (χ1) is 8.33. The summed E-state index contributed by atoms with van der Waals surface area (Å²) in [6.07, 6.45) is 3.43. The summed E-state index contributed by atoms with van der Waals surface area (Å²) in [6, 6.07) is 1.92. The van der Waals surface area contributed by atoms with E-state index in [2.05, 4.69) is 25.2 Å². The fourth-order valence-electron chi connectivity index (χ4n) is 2.11. The van der Waals surface area contributed by atoms with Crippen molar-refractivity contribution >= 4 is 5.95 Å². The first-order valence-electron chi connectivity index (χ1n) is 5.91. The summed E-state index contributed by atoms with van der Waals surface area (Å²) in [7, 11) is 0. The Hall–Kier alpha value is -1.85. The van der Waals surface area contributed by atoms with Crippen LogP contribution in [-0.2, 0) is 19.5 Å². The van der Waals surface area contributed by atoms with Crippen molar-refractivity contribution < 1.29 is 4.52 Å². The van der Waals surface area contributed by atoms with Crippen LogP contribution >= 0.6 is 0 Å². The first kappa shape index (κ1) is 10.3. The topological polar surface area (TPSA) is 68.8 Å². The van der Waals surface area contributed by atoms with Crippen LogP contribution in [0.25, 0.3) is 0 Å². The molecule has 0 aromatic carbocycles. The van der Waals surface area contributed by atoms with Crippen LogP contribution in [0.3, 0.4) is 0 Å². The number of hydrogen-bond donors (Lipinski definition) is 1. The molecule has 0 saturated carbocycles. The molecule has 6 nitrogen and oxygen atoms in total. The highest BCUT2D eigenvalue weighted by atomic mass is 16.5. The smallest absolute Gasteiger partial charge is 0.224 e. The lowest BCUT2D eigenvalue weighted by Crippen LogP contribution is -2.14. The summed E-state index contributed by atoms with van der Waals surface area (Å²) < 4.78 is 7.16. The Morgan fingerprint density at radius 3 is 3.18 bits per heavy atom. The Morgan fingerprint density at radius 1 is 1.41 bits per heavy atom. The summed E-state index contributed by atoms with van der Waals surface area (Å²) in [6.45, 7) is 3.51. The standard InChI is InChI=1S/C11H15N5O/c1-8-6-9(15-17-8)7-12-11-14-13-10-4-2-3-5-16(10)11/h6H,2-5,7H2,1H3,(H,12,14). The summed E-state index contributed by atoms with van der Waals surface area (Å²) in [5, 5.41) is 15.5. The molecule has 1 aliphatic heterocycles. The zero-order valence-electron chi connectivity index (χ0n) is 9.81. The van der Waals surface area contributed by atoms with Crippen molar-refractivity contribution in [3.63, 3.8) is 0 Å². The Morgan fingerprint density at radius 2 is 2.35 bits per heavy atom. The Balaban J connectivity index is 1.71. The van der Waals surface area contributed by atoms with Gasteiger partial charge in [0.05, 0.1) is 6.54 Å². The van der Waals surface area contributed by atoms with Crippen LogP contribution in [0.1, 0.15) is 30.1 Å². The van der Waals surface area contributed by atoms with Gasteiger partial charge in [0.15, 0.2) is 0 Å². The third kappa shape index (κ3) is 2.02. The lowest BCUT2D eigenvalue weighted by atomic mass is 10.2. The van der Waals surface area contributed by atoms with Gasteiger partial charge in [-0.1, -0.05) is 5.16 Å². The molecule has 3 heterocycles. The molecular formula is C11H15N5O. The molecule has 3 rings (SSSR count). The van der Waals surface area contributed by atoms with E-state index in [0.717, 1.165) is 36.2 Å². The quantitative estimate of drug-likeness (QED) is 0.870. The van der Waals surface area contributed by atoms with Crippen LogP contribution < -0.4 is 5.32 Å². The second-order valence-electron chi connectivity index (χ2n) is 4.33. The number of rotatable bonds is 3. The average molecular weight is 233 g/mol. The number of nitrogens with one attached hydrogen (secondary N) is 1. The summed E-state index contributed by atoms with van der Waals surface area (Å²) >= 11 is 0. The molecule has 0 saturated heterocycles. The first-order valence-corrected chi connectivity index (χ1v) is 5.91. The van der Waals surface area contributed by atoms with E-state index in [4.69, 9.17) is 4.52 Å². The molecule has 2 aromatic rings. The molecule has 1 aliphatic rings. The zero-order valence-corrected chi connectivity index (χ0v) is 9.81. The molecule has 0 fully saturated rings. The van der Waals surface area contributed by atoms with Crippen LogP contribution in [0.2, 0.25) is 0 Å². The molecule has 17 heavy (non-hydrogen) atoms. The van der Waals surface area contributed by atoms with Gasteiger partial charge in [-0.2, -0.15) is 0 Å². The molecule has 0 spiro atoms. The monoisotopic (exact) mass is 233 g/mol. The highest BCUT2D eigenvalue weighted by Gasteiger charge is 2.15. The molecule has 1 N–H and O–H groups in total. The fourth-order valence-corrected chi connectivity index (χ4v) is 2.11. The minimum absolute atomic E-state index is 0.621. The van der Waals surface area contributed by atoms with E-state index in [1.165, 1.54) is 12.8 Å². The third-order valence-electron chi connectivity index (χ3n) is 2.96. The highest BCUT2D eigenvalue weighted by molar-refractivity contribution is 5.27. The average Bonchev–Trinajstić information content (AvgIpc) is 2.93. The van der Waals surface area contributed by atoms with Gasteiger partial charge in [0.2, 0.25) is 5.95 Å². The maximum atomic E-state index is 5.01. The van der Waals surface area contributed by atoms with E-state index < -0.39 is 0 Å². The van der Waals surface area contributed by atoms with Crippen LogP contribution in [0.5, 0.6) is 0 Å². The van der Waals surface area contributed by atoms with E-state index in [1.807, 2.05) is 13.0 Å². The number of nitrogens with zero attached hydrogens (tertiary/aromatic N) is 4. The minimum atomic E-state index is 0.621. The summed E-state index contributed by atoms with van der Waals surface area (Å²) in [4.78, 5) is 0. The van der Waals surface area contributed by atoms with Crippen molar-refractivity contribution in [2.75, 3.05) is 5.32 Å². The maximum Gasteiger partial charge on any atom is 0.224 e. The van der Waals surface area contributed by atoms with Gasteiger partial charge in [0.1, 0.15) is 17.3 Å². The molecule has 0 amide bonds. The van der Waals surface area contributed by atoms with E-state index in [-0.39, 0.29) is 0 Å². The van der Waals surface area contributed by atoms with Gasteiger partial charge in [-0.3, -0.25) is 4.57 Å².